The minimum atomic E-state index is -0.974. The van der Waals surface area contributed by atoms with Crippen LogP contribution in [-0.4, -0.2) is 54.3 Å². The third kappa shape index (κ3) is 4.40. The Hall–Kier alpha value is -3.52. The van der Waals surface area contributed by atoms with E-state index in [-0.39, 0.29) is 24.0 Å². The summed E-state index contributed by atoms with van der Waals surface area (Å²) in [6.07, 6.45) is 1.04. The number of hydrogen-bond donors (Lipinski definition) is 2. The van der Waals surface area contributed by atoms with Crippen LogP contribution in [0.4, 0.5) is 5.69 Å². The number of nitrogens with one attached hydrogen (secondary N) is 2. The van der Waals surface area contributed by atoms with E-state index in [1.165, 1.54) is 11.1 Å². The second-order valence-corrected chi connectivity index (χ2v) is 7.95. The second-order valence-electron chi connectivity index (χ2n) is 7.95. The van der Waals surface area contributed by atoms with Gasteiger partial charge in [-0.15, -0.1) is 0 Å². The van der Waals surface area contributed by atoms with Crippen molar-refractivity contribution in [2.45, 2.75) is 32.2 Å². The number of piperidine rings is 1. The molecule has 4 amide bonds. The Bertz CT molecular complexity index is 1060. The van der Waals surface area contributed by atoms with Crippen LogP contribution in [0.1, 0.15) is 44.7 Å². The number of benzene rings is 2. The van der Waals surface area contributed by atoms with Crippen molar-refractivity contribution in [2.24, 2.45) is 0 Å². The van der Waals surface area contributed by atoms with Crippen molar-refractivity contribution >= 4 is 29.3 Å². The molecular formula is C24H25N3O5. The van der Waals surface area contributed by atoms with Crippen molar-refractivity contribution in [3.63, 3.8) is 0 Å². The minimum Gasteiger partial charge on any atom is -0.382 e. The molecule has 0 radical (unpaired) electrons. The Kier molecular flexibility index (Phi) is 6.32. The summed E-state index contributed by atoms with van der Waals surface area (Å²) >= 11 is 0. The molecule has 1 fully saturated rings. The maximum Gasteiger partial charge on any atom is 0.264 e. The predicted octanol–water partition coefficient (Wildman–Crippen LogP) is 2.07. The molecule has 8 heteroatoms. The fraction of sp³-hybridized carbons (Fsp3) is 0.333. The van der Waals surface area contributed by atoms with E-state index in [9.17, 15) is 19.2 Å². The molecule has 1 atom stereocenters. The summed E-state index contributed by atoms with van der Waals surface area (Å²) in [6.45, 7) is 3.53. The van der Waals surface area contributed by atoms with Crippen LogP contribution in [0, 0.1) is 6.92 Å². The summed E-state index contributed by atoms with van der Waals surface area (Å²) in [5, 5.41) is 5.37. The molecule has 166 valence electrons. The highest BCUT2D eigenvalue weighted by molar-refractivity contribution is 6.25. The number of fused-ring (bicyclic) bond motifs is 1. The van der Waals surface area contributed by atoms with Crippen LogP contribution in [0.15, 0.2) is 42.5 Å². The predicted molar refractivity (Wildman–Crippen MR) is 117 cm³/mol. The van der Waals surface area contributed by atoms with E-state index >= 15 is 0 Å². The van der Waals surface area contributed by atoms with Gasteiger partial charge in [0.05, 0.1) is 24.3 Å². The molecule has 32 heavy (non-hydrogen) atoms. The SMILES string of the molecule is Cc1ccc(CCOCCNc2cccc3c2C(=O)N(C2CCC(=O)NC2=O)C3=O)cc1. The molecular weight excluding hydrogens is 410 g/mol. The van der Waals surface area contributed by atoms with Crippen LogP contribution in [0.2, 0.25) is 0 Å². The molecule has 0 aliphatic carbocycles. The molecule has 2 N–H and O–H groups in total. The van der Waals surface area contributed by atoms with Gasteiger partial charge in [0.15, 0.2) is 0 Å². The zero-order valence-corrected chi connectivity index (χ0v) is 17.8. The van der Waals surface area contributed by atoms with Gasteiger partial charge in [-0.3, -0.25) is 29.4 Å². The molecule has 2 aromatic carbocycles. The summed E-state index contributed by atoms with van der Waals surface area (Å²) in [5.74, 6) is -2.06. The first kappa shape index (κ1) is 21.7. The summed E-state index contributed by atoms with van der Waals surface area (Å²) < 4.78 is 5.69. The average molecular weight is 435 g/mol. The molecule has 0 saturated carbocycles. The van der Waals surface area contributed by atoms with E-state index in [2.05, 4.69) is 41.8 Å². The first-order valence-corrected chi connectivity index (χ1v) is 10.7. The Morgan fingerprint density at radius 2 is 1.81 bits per heavy atom. The molecule has 1 unspecified atom stereocenters. The quantitative estimate of drug-likeness (QED) is 0.486. The lowest BCUT2D eigenvalue weighted by atomic mass is 10.0. The second kappa shape index (κ2) is 9.32. The number of imide groups is 2. The van der Waals surface area contributed by atoms with Crippen molar-refractivity contribution in [1.82, 2.24) is 10.2 Å². The molecule has 2 aromatic rings. The summed E-state index contributed by atoms with van der Waals surface area (Å²) in [6, 6.07) is 12.3. The zero-order valence-electron chi connectivity index (χ0n) is 17.8. The van der Waals surface area contributed by atoms with E-state index in [0.29, 0.717) is 25.4 Å². The third-order valence-electron chi connectivity index (χ3n) is 5.69. The Balaban J connectivity index is 1.34. The molecule has 2 aliphatic heterocycles. The van der Waals surface area contributed by atoms with E-state index in [1.54, 1.807) is 18.2 Å². The normalized spacial score (nSPS) is 18.0. The number of rotatable bonds is 8. The average Bonchev–Trinajstić information content (AvgIpc) is 3.03. The van der Waals surface area contributed by atoms with Gasteiger partial charge in [0.1, 0.15) is 6.04 Å². The van der Waals surface area contributed by atoms with Crippen molar-refractivity contribution in [3.8, 4) is 0 Å². The van der Waals surface area contributed by atoms with E-state index in [1.807, 2.05) is 0 Å². The van der Waals surface area contributed by atoms with Gasteiger partial charge < -0.3 is 10.1 Å². The Labute approximate surface area is 185 Å². The highest BCUT2D eigenvalue weighted by atomic mass is 16.5. The highest BCUT2D eigenvalue weighted by Crippen LogP contribution is 2.32. The van der Waals surface area contributed by atoms with E-state index < -0.39 is 29.7 Å². The smallest absolute Gasteiger partial charge is 0.264 e. The Morgan fingerprint density at radius 3 is 2.56 bits per heavy atom. The fourth-order valence-corrected chi connectivity index (χ4v) is 3.97. The molecule has 2 heterocycles. The summed E-state index contributed by atoms with van der Waals surface area (Å²) in [7, 11) is 0. The summed E-state index contributed by atoms with van der Waals surface area (Å²) in [4.78, 5) is 50.5. The van der Waals surface area contributed by atoms with Crippen molar-refractivity contribution in [2.75, 3.05) is 25.1 Å². The fourth-order valence-electron chi connectivity index (χ4n) is 3.97. The number of carbonyl (C=O) groups excluding carboxylic acids is 4. The molecule has 0 bridgehead atoms. The highest BCUT2D eigenvalue weighted by Gasteiger charge is 2.45. The van der Waals surface area contributed by atoms with E-state index in [4.69, 9.17) is 4.74 Å². The topological polar surface area (TPSA) is 105 Å². The van der Waals surface area contributed by atoms with Gasteiger partial charge in [0.2, 0.25) is 11.8 Å². The minimum absolute atomic E-state index is 0.0921. The lowest BCUT2D eigenvalue weighted by Gasteiger charge is -2.27. The van der Waals surface area contributed by atoms with E-state index in [0.717, 1.165) is 11.3 Å². The molecule has 0 spiro atoms. The van der Waals surface area contributed by atoms with Crippen LogP contribution < -0.4 is 10.6 Å². The number of hydrogen-bond acceptors (Lipinski definition) is 6. The van der Waals surface area contributed by atoms with Crippen LogP contribution >= 0.6 is 0 Å². The number of nitrogens with zero attached hydrogens (tertiary/aromatic N) is 1. The number of aryl methyl sites for hydroxylation is 1. The number of anilines is 1. The van der Waals surface area contributed by atoms with Gasteiger partial charge >= 0.3 is 0 Å². The maximum absolute atomic E-state index is 13.0. The molecule has 1 saturated heterocycles. The zero-order chi connectivity index (χ0) is 22.7. The van der Waals surface area contributed by atoms with Gasteiger partial charge in [-0.05, 0) is 37.5 Å². The van der Waals surface area contributed by atoms with Crippen molar-refractivity contribution in [1.29, 1.82) is 0 Å². The van der Waals surface area contributed by atoms with Gasteiger partial charge in [-0.2, -0.15) is 0 Å². The lowest BCUT2D eigenvalue weighted by Crippen LogP contribution is -2.54. The maximum atomic E-state index is 13.0. The third-order valence-corrected chi connectivity index (χ3v) is 5.69. The molecule has 4 rings (SSSR count). The van der Waals surface area contributed by atoms with Crippen LogP contribution in [-0.2, 0) is 20.7 Å². The van der Waals surface area contributed by atoms with Crippen molar-refractivity contribution < 1.29 is 23.9 Å². The van der Waals surface area contributed by atoms with Crippen LogP contribution in [0.5, 0.6) is 0 Å². The first-order valence-electron chi connectivity index (χ1n) is 10.7. The molecule has 8 nitrogen and oxygen atoms in total. The van der Waals surface area contributed by atoms with Gasteiger partial charge in [0.25, 0.3) is 11.8 Å². The first-order chi connectivity index (χ1) is 15.5. The van der Waals surface area contributed by atoms with Gasteiger partial charge in [-0.1, -0.05) is 35.9 Å². The Morgan fingerprint density at radius 1 is 1.03 bits per heavy atom. The molecule has 2 aliphatic rings. The van der Waals surface area contributed by atoms with Gasteiger partial charge in [-0.25, -0.2) is 0 Å². The largest absolute Gasteiger partial charge is 0.382 e. The molecule has 0 aromatic heterocycles. The monoisotopic (exact) mass is 435 g/mol. The summed E-state index contributed by atoms with van der Waals surface area (Å²) in [5.41, 5.74) is 3.46. The number of carbonyl (C=O) groups is 4. The number of amides is 4. The van der Waals surface area contributed by atoms with Crippen molar-refractivity contribution in [3.05, 3.63) is 64.7 Å². The number of ether oxygens (including phenoxy) is 1. The standard InChI is InChI=1S/C24H25N3O5/c1-15-5-7-16(8-6-15)11-13-32-14-12-25-18-4-2-3-17-21(18)24(31)27(23(17)30)19-9-10-20(28)26-22(19)29/h2-8,19,25H,9-14H2,1H3,(H,26,28,29). The lowest BCUT2D eigenvalue weighted by molar-refractivity contribution is -0.136. The van der Waals surface area contributed by atoms with Crippen LogP contribution in [0.3, 0.4) is 0 Å². The van der Waals surface area contributed by atoms with Crippen LogP contribution in [0.25, 0.3) is 0 Å². The van der Waals surface area contributed by atoms with Gasteiger partial charge in [0, 0.05) is 18.7 Å².